The molecule has 1 aliphatic carbocycles. The van der Waals surface area contributed by atoms with Gasteiger partial charge in [0.05, 0.1) is 0 Å². The fraction of sp³-hybridized carbons (Fsp3) is 0.769. The molecular formula is C26H38N2O5. The van der Waals surface area contributed by atoms with Gasteiger partial charge in [-0.15, -0.1) is 0 Å². The first-order chi connectivity index (χ1) is 15.9. The number of fused-ring (bicyclic) bond motifs is 1. The molecule has 0 aromatic heterocycles. The van der Waals surface area contributed by atoms with Gasteiger partial charge in [0.2, 0.25) is 12.1 Å². The van der Waals surface area contributed by atoms with Gasteiger partial charge in [0, 0.05) is 56.9 Å². The number of hydrogen-bond donors (Lipinski definition) is 0. The summed E-state index contributed by atoms with van der Waals surface area (Å²) in [6, 6.07) is 8.51. The highest BCUT2D eigenvalue weighted by atomic mass is 17.3. The lowest BCUT2D eigenvalue weighted by atomic mass is 9.56. The third kappa shape index (κ3) is 3.72. The first kappa shape index (κ1) is 22.3. The molecule has 8 atom stereocenters. The summed E-state index contributed by atoms with van der Waals surface area (Å²) in [6.45, 7) is 12.0. The zero-order valence-electron chi connectivity index (χ0n) is 20.4. The molecule has 1 saturated carbocycles. The molecule has 5 aliphatic heterocycles. The molecule has 1 spiro atoms. The largest absolute Gasteiger partial charge is 0.465 e. The standard InChI is InChI=1S/C26H38N2O5/c1-17-5-10-21-18(2)23(30-24-26(21)22(17)15-25(3,31-24)32-33-26)29-20-8-6-19(7-9-20)16-28-13-11-27(4)12-14-28/h6-9,17-18,21-24H,5,10-16H2,1-4H3/t17-,18-,21?,22?,23+,24-,25+,26+/m1/s1. The van der Waals surface area contributed by atoms with E-state index in [-0.39, 0.29) is 18.1 Å². The van der Waals surface area contributed by atoms with E-state index < -0.39 is 17.7 Å². The lowest BCUT2D eigenvalue weighted by molar-refractivity contribution is -0.614. The molecular weight excluding hydrogens is 420 g/mol. The van der Waals surface area contributed by atoms with Crippen LogP contribution in [0.4, 0.5) is 0 Å². The number of rotatable bonds is 4. The van der Waals surface area contributed by atoms with Gasteiger partial charge in [0.1, 0.15) is 5.75 Å². The van der Waals surface area contributed by atoms with Gasteiger partial charge in [0.15, 0.2) is 11.9 Å². The summed E-state index contributed by atoms with van der Waals surface area (Å²) in [6.07, 6.45) is 2.31. The molecule has 0 radical (unpaired) electrons. The van der Waals surface area contributed by atoms with Crippen LogP contribution >= 0.6 is 0 Å². The van der Waals surface area contributed by atoms with E-state index in [1.165, 1.54) is 12.0 Å². The first-order valence-corrected chi connectivity index (χ1v) is 12.7. The number of nitrogens with zero attached hydrogens (tertiary/aromatic N) is 2. The number of likely N-dealkylation sites (N-methyl/N-ethyl adjacent to an activating group) is 1. The minimum Gasteiger partial charge on any atom is -0.465 e. The van der Waals surface area contributed by atoms with Crippen LogP contribution < -0.4 is 4.74 Å². The molecule has 6 fully saturated rings. The van der Waals surface area contributed by atoms with E-state index in [4.69, 9.17) is 24.0 Å². The Morgan fingerprint density at radius 3 is 2.52 bits per heavy atom. The van der Waals surface area contributed by atoms with Crippen LogP contribution in [0.25, 0.3) is 0 Å². The van der Waals surface area contributed by atoms with Crippen LogP contribution in [-0.4, -0.2) is 67.0 Å². The summed E-state index contributed by atoms with van der Waals surface area (Å²) in [5, 5.41) is 0. The van der Waals surface area contributed by atoms with Crippen LogP contribution in [0.2, 0.25) is 0 Å². The number of hydrogen-bond acceptors (Lipinski definition) is 7. The molecule has 33 heavy (non-hydrogen) atoms. The van der Waals surface area contributed by atoms with E-state index in [1.807, 2.05) is 6.92 Å². The summed E-state index contributed by atoms with van der Waals surface area (Å²) >= 11 is 0. The molecule has 7 nitrogen and oxygen atoms in total. The van der Waals surface area contributed by atoms with E-state index in [2.05, 4.69) is 55.0 Å². The predicted octanol–water partition coefficient (Wildman–Crippen LogP) is 3.63. The van der Waals surface area contributed by atoms with E-state index in [0.29, 0.717) is 11.8 Å². The fourth-order valence-corrected chi connectivity index (χ4v) is 6.89. The van der Waals surface area contributed by atoms with Crippen LogP contribution in [0, 0.1) is 23.7 Å². The molecule has 1 aromatic carbocycles. The van der Waals surface area contributed by atoms with Crippen LogP contribution in [0.3, 0.4) is 0 Å². The van der Waals surface area contributed by atoms with Crippen molar-refractivity contribution in [3.8, 4) is 5.75 Å². The molecule has 0 N–H and O–H groups in total. The summed E-state index contributed by atoms with van der Waals surface area (Å²) in [4.78, 5) is 16.8. The second-order valence-electron chi connectivity index (χ2n) is 11.3. The quantitative estimate of drug-likeness (QED) is 0.639. The second kappa shape index (κ2) is 8.18. The van der Waals surface area contributed by atoms with Gasteiger partial charge in [-0.3, -0.25) is 4.90 Å². The highest BCUT2D eigenvalue weighted by Crippen LogP contribution is 2.62. The average Bonchev–Trinajstić information content (AvgIpc) is 2.80. The second-order valence-corrected chi connectivity index (χ2v) is 11.3. The number of piperazine rings is 1. The van der Waals surface area contributed by atoms with Crippen molar-refractivity contribution < 1.29 is 24.0 Å². The normalized spacial score (nSPS) is 45.6. The Balaban J connectivity index is 1.16. The monoisotopic (exact) mass is 458 g/mol. The maximum atomic E-state index is 6.48. The Labute approximate surface area is 197 Å². The summed E-state index contributed by atoms with van der Waals surface area (Å²) in [5.41, 5.74) is 0.792. The van der Waals surface area contributed by atoms with E-state index >= 15 is 0 Å². The number of benzene rings is 1. The van der Waals surface area contributed by atoms with Crippen LogP contribution in [0.5, 0.6) is 5.75 Å². The molecule has 5 heterocycles. The van der Waals surface area contributed by atoms with Gasteiger partial charge in [0.25, 0.3) is 0 Å². The molecule has 2 unspecified atom stereocenters. The minimum atomic E-state index is -0.747. The maximum Gasteiger partial charge on any atom is 0.205 e. The molecule has 0 amide bonds. The minimum absolute atomic E-state index is 0.177. The number of ether oxygens (including phenoxy) is 3. The van der Waals surface area contributed by atoms with Gasteiger partial charge < -0.3 is 19.1 Å². The SMILES string of the molecule is C[C@@H]1CCC2[C@@H](C)[C@@H](Oc3ccc(CN4CCN(C)CC4)cc3)O[C@@H]3O[C@]4(C)CC1[C@@]23OO4. The highest BCUT2D eigenvalue weighted by Gasteiger charge is 2.72. The Morgan fingerprint density at radius 1 is 1.00 bits per heavy atom. The highest BCUT2D eigenvalue weighted by molar-refractivity contribution is 5.27. The van der Waals surface area contributed by atoms with Gasteiger partial charge in [-0.05, 0) is 50.4 Å². The van der Waals surface area contributed by atoms with Crippen molar-refractivity contribution in [1.29, 1.82) is 0 Å². The van der Waals surface area contributed by atoms with E-state index in [1.54, 1.807) is 0 Å². The van der Waals surface area contributed by atoms with Gasteiger partial charge in [-0.1, -0.05) is 26.0 Å². The van der Waals surface area contributed by atoms with E-state index in [9.17, 15) is 0 Å². The maximum absolute atomic E-state index is 6.48. The average molecular weight is 459 g/mol. The summed E-state index contributed by atoms with van der Waals surface area (Å²) in [5.74, 6) is 1.50. The van der Waals surface area contributed by atoms with Crippen molar-refractivity contribution in [2.75, 3.05) is 33.2 Å². The Hall–Kier alpha value is -1.22. The molecule has 182 valence electrons. The fourth-order valence-electron chi connectivity index (χ4n) is 6.89. The van der Waals surface area contributed by atoms with Crippen LogP contribution in [0.15, 0.2) is 24.3 Å². The lowest BCUT2D eigenvalue weighted by Gasteiger charge is -2.66. The molecule has 5 saturated heterocycles. The van der Waals surface area contributed by atoms with E-state index in [0.717, 1.165) is 51.3 Å². The third-order valence-corrected chi connectivity index (χ3v) is 8.96. The lowest BCUT2D eigenvalue weighted by Crippen LogP contribution is -2.76. The van der Waals surface area contributed by atoms with Crippen molar-refractivity contribution in [3.63, 3.8) is 0 Å². The molecule has 2 bridgehead atoms. The van der Waals surface area contributed by atoms with Crippen molar-refractivity contribution >= 4 is 0 Å². The summed E-state index contributed by atoms with van der Waals surface area (Å²) in [7, 11) is 2.19. The predicted molar refractivity (Wildman–Crippen MR) is 122 cm³/mol. The molecule has 7 rings (SSSR count). The smallest absolute Gasteiger partial charge is 0.205 e. The Bertz CT molecular complexity index is 859. The van der Waals surface area contributed by atoms with Gasteiger partial charge in [-0.2, -0.15) is 0 Å². The van der Waals surface area contributed by atoms with Crippen LogP contribution in [-0.2, 0) is 25.8 Å². The van der Waals surface area contributed by atoms with Gasteiger partial charge >= 0.3 is 0 Å². The molecule has 7 heteroatoms. The Morgan fingerprint density at radius 2 is 1.76 bits per heavy atom. The molecule has 6 aliphatic rings. The molecule has 1 aromatic rings. The van der Waals surface area contributed by atoms with Gasteiger partial charge in [-0.25, -0.2) is 9.78 Å². The van der Waals surface area contributed by atoms with Crippen molar-refractivity contribution in [3.05, 3.63) is 29.8 Å². The Kier molecular flexibility index (Phi) is 5.51. The van der Waals surface area contributed by atoms with Crippen LogP contribution in [0.1, 0.15) is 45.6 Å². The van der Waals surface area contributed by atoms with Crippen molar-refractivity contribution in [2.24, 2.45) is 23.7 Å². The third-order valence-electron chi connectivity index (χ3n) is 8.96. The first-order valence-electron chi connectivity index (χ1n) is 12.7. The topological polar surface area (TPSA) is 52.6 Å². The van der Waals surface area contributed by atoms with Crippen molar-refractivity contribution in [1.82, 2.24) is 9.80 Å². The van der Waals surface area contributed by atoms with Crippen molar-refractivity contribution in [2.45, 2.75) is 70.5 Å². The zero-order chi connectivity index (χ0) is 22.8. The summed E-state index contributed by atoms with van der Waals surface area (Å²) < 4.78 is 19.2. The zero-order valence-corrected chi connectivity index (χ0v) is 20.4.